The average Bonchev–Trinajstić information content (AvgIpc) is 2.42. The molecular weight excluding hydrogens is 274 g/mol. The summed E-state index contributed by atoms with van der Waals surface area (Å²) in [6.45, 7) is 0. The van der Waals surface area contributed by atoms with Crippen LogP contribution >= 0.6 is 0 Å². The highest BCUT2D eigenvalue weighted by molar-refractivity contribution is 5.64. The van der Waals surface area contributed by atoms with Crippen molar-refractivity contribution in [1.29, 1.82) is 0 Å². The van der Waals surface area contributed by atoms with Gasteiger partial charge in [0.05, 0.1) is 4.92 Å². The van der Waals surface area contributed by atoms with Crippen LogP contribution in [0.15, 0.2) is 36.4 Å². The topological polar surface area (TPSA) is 78.7 Å². The number of nitrogens with zero attached hydrogens (tertiary/aromatic N) is 1. The lowest BCUT2D eigenvalue weighted by Crippen LogP contribution is -2.21. The van der Waals surface area contributed by atoms with Crippen LogP contribution in [0.3, 0.4) is 0 Å². The van der Waals surface area contributed by atoms with E-state index in [0.717, 1.165) is 32.1 Å². The van der Waals surface area contributed by atoms with Gasteiger partial charge in [0, 0.05) is 12.1 Å². The van der Waals surface area contributed by atoms with Gasteiger partial charge in [-0.1, -0.05) is 12.2 Å². The molecule has 1 aromatic carbocycles. The van der Waals surface area contributed by atoms with E-state index in [1.165, 1.54) is 24.3 Å². The first kappa shape index (κ1) is 15.0. The standard InChI is InChI=1S/C15H17NO5/c17-15(20-13-6-4-2-1-3-5-7-13)21-14-10-8-12(9-11-14)16(18)19/h1-2,8-11,13H,3-7H2/t13-/m0/s1. The first-order valence-electron chi connectivity index (χ1n) is 6.93. The van der Waals surface area contributed by atoms with Gasteiger partial charge in [0.2, 0.25) is 0 Å². The number of ether oxygens (including phenoxy) is 2. The lowest BCUT2D eigenvalue weighted by Gasteiger charge is -2.17. The van der Waals surface area contributed by atoms with Gasteiger partial charge in [0.15, 0.2) is 0 Å². The van der Waals surface area contributed by atoms with E-state index < -0.39 is 11.1 Å². The van der Waals surface area contributed by atoms with Gasteiger partial charge in [-0.05, 0) is 44.2 Å². The van der Waals surface area contributed by atoms with Gasteiger partial charge in [-0.3, -0.25) is 10.1 Å². The van der Waals surface area contributed by atoms with Crippen LogP contribution in [-0.4, -0.2) is 17.2 Å². The van der Waals surface area contributed by atoms with E-state index in [2.05, 4.69) is 12.2 Å². The Bertz CT molecular complexity index is 523. The molecule has 6 nitrogen and oxygen atoms in total. The Labute approximate surface area is 122 Å². The number of carbonyl (C=O) groups is 1. The molecule has 0 saturated carbocycles. The average molecular weight is 291 g/mol. The summed E-state index contributed by atoms with van der Waals surface area (Å²) < 4.78 is 10.3. The molecule has 0 bridgehead atoms. The fraction of sp³-hybridized carbons (Fsp3) is 0.400. The minimum atomic E-state index is -0.765. The van der Waals surface area contributed by atoms with Gasteiger partial charge < -0.3 is 9.47 Å². The third kappa shape index (κ3) is 4.91. The molecule has 0 fully saturated rings. The van der Waals surface area contributed by atoms with E-state index in [0.29, 0.717) is 0 Å². The van der Waals surface area contributed by atoms with Crippen LogP contribution in [0.2, 0.25) is 0 Å². The molecule has 6 heteroatoms. The predicted molar refractivity (Wildman–Crippen MR) is 76.2 cm³/mol. The zero-order chi connectivity index (χ0) is 15.1. The highest BCUT2D eigenvalue weighted by Crippen LogP contribution is 2.20. The number of hydrogen-bond donors (Lipinski definition) is 0. The van der Waals surface area contributed by atoms with Crippen LogP contribution in [-0.2, 0) is 4.74 Å². The van der Waals surface area contributed by atoms with Gasteiger partial charge in [-0.15, -0.1) is 0 Å². The fourth-order valence-electron chi connectivity index (χ4n) is 2.14. The predicted octanol–water partition coefficient (Wildman–Crippen LogP) is 4.00. The van der Waals surface area contributed by atoms with Gasteiger partial charge in [-0.2, -0.15) is 0 Å². The zero-order valence-electron chi connectivity index (χ0n) is 11.6. The SMILES string of the molecule is O=C(Oc1ccc([N+](=O)[O-])cc1)O[C@H]1CCC=CCCC1. The molecule has 1 aliphatic carbocycles. The maximum Gasteiger partial charge on any atom is 0.514 e. The smallest absolute Gasteiger partial charge is 0.431 e. The normalized spacial score (nSPS) is 18.4. The maximum absolute atomic E-state index is 11.7. The van der Waals surface area contributed by atoms with E-state index in [1.807, 2.05) is 0 Å². The number of allylic oxidation sites excluding steroid dienone is 2. The van der Waals surface area contributed by atoms with Crippen molar-refractivity contribution in [2.24, 2.45) is 0 Å². The van der Waals surface area contributed by atoms with Crippen LogP contribution in [0.1, 0.15) is 32.1 Å². The van der Waals surface area contributed by atoms with E-state index >= 15 is 0 Å². The third-order valence-electron chi connectivity index (χ3n) is 3.23. The Morgan fingerprint density at radius 1 is 1.14 bits per heavy atom. The molecule has 0 aliphatic heterocycles. The second kappa shape index (κ2) is 7.42. The Balaban J connectivity index is 1.85. The van der Waals surface area contributed by atoms with Crippen molar-refractivity contribution >= 4 is 11.8 Å². The molecule has 0 radical (unpaired) electrons. The fourth-order valence-corrected chi connectivity index (χ4v) is 2.14. The molecule has 1 aromatic rings. The quantitative estimate of drug-likeness (QED) is 0.276. The molecule has 0 aromatic heterocycles. The molecule has 0 amide bonds. The Morgan fingerprint density at radius 3 is 2.57 bits per heavy atom. The van der Waals surface area contributed by atoms with Crippen LogP contribution in [0.5, 0.6) is 5.75 Å². The summed E-state index contributed by atoms with van der Waals surface area (Å²) in [7, 11) is 0. The van der Waals surface area contributed by atoms with Crippen molar-refractivity contribution in [2.45, 2.75) is 38.2 Å². The lowest BCUT2D eigenvalue weighted by molar-refractivity contribution is -0.384. The van der Waals surface area contributed by atoms with Crippen LogP contribution < -0.4 is 4.74 Å². The molecule has 1 atom stereocenters. The zero-order valence-corrected chi connectivity index (χ0v) is 11.6. The Morgan fingerprint density at radius 2 is 1.86 bits per heavy atom. The summed E-state index contributed by atoms with van der Waals surface area (Å²) in [5.41, 5.74) is -0.0532. The molecule has 0 N–H and O–H groups in total. The number of rotatable bonds is 3. The molecule has 0 saturated heterocycles. The maximum atomic E-state index is 11.7. The monoisotopic (exact) mass is 291 g/mol. The van der Waals surface area contributed by atoms with Gasteiger partial charge in [0.25, 0.3) is 5.69 Å². The summed E-state index contributed by atoms with van der Waals surface area (Å²) in [5, 5.41) is 10.5. The van der Waals surface area contributed by atoms with Gasteiger partial charge in [0.1, 0.15) is 11.9 Å². The molecule has 1 aliphatic rings. The largest absolute Gasteiger partial charge is 0.514 e. The number of nitro groups is 1. The number of nitro benzene ring substituents is 1. The summed E-state index contributed by atoms with van der Waals surface area (Å²) in [6.07, 6.45) is 7.80. The van der Waals surface area contributed by atoms with Crippen molar-refractivity contribution in [3.8, 4) is 5.75 Å². The van der Waals surface area contributed by atoms with Gasteiger partial charge >= 0.3 is 6.16 Å². The highest BCUT2D eigenvalue weighted by Gasteiger charge is 2.16. The molecule has 0 unspecified atom stereocenters. The van der Waals surface area contributed by atoms with E-state index in [4.69, 9.17) is 9.47 Å². The lowest BCUT2D eigenvalue weighted by atomic mass is 10.0. The second-order valence-electron chi connectivity index (χ2n) is 4.82. The first-order valence-corrected chi connectivity index (χ1v) is 6.93. The van der Waals surface area contributed by atoms with E-state index in [1.54, 1.807) is 0 Å². The Kier molecular flexibility index (Phi) is 5.31. The van der Waals surface area contributed by atoms with Crippen molar-refractivity contribution in [3.63, 3.8) is 0 Å². The van der Waals surface area contributed by atoms with Crippen LogP contribution in [0, 0.1) is 10.1 Å². The first-order chi connectivity index (χ1) is 10.1. The third-order valence-corrected chi connectivity index (χ3v) is 3.23. The van der Waals surface area contributed by atoms with E-state index in [9.17, 15) is 14.9 Å². The van der Waals surface area contributed by atoms with Crippen molar-refractivity contribution in [2.75, 3.05) is 0 Å². The van der Waals surface area contributed by atoms with Gasteiger partial charge in [-0.25, -0.2) is 4.79 Å². The minimum absolute atomic E-state index is 0.0532. The molecule has 0 spiro atoms. The number of benzene rings is 1. The summed E-state index contributed by atoms with van der Waals surface area (Å²) >= 11 is 0. The Hall–Kier alpha value is -2.37. The summed E-state index contributed by atoms with van der Waals surface area (Å²) in [5.74, 6) is 0.233. The van der Waals surface area contributed by atoms with Crippen molar-refractivity contribution in [1.82, 2.24) is 0 Å². The van der Waals surface area contributed by atoms with Crippen LogP contribution in [0.4, 0.5) is 10.5 Å². The van der Waals surface area contributed by atoms with Crippen molar-refractivity contribution < 1.29 is 19.2 Å². The number of non-ortho nitro benzene ring substituents is 1. The number of carbonyl (C=O) groups excluding carboxylic acids is 1. The molecule has 112 valence electrons. The molecule has 21 heavy (non-hydrogen) atoms. The number of hydrogen-bond acceptors (Lipinski definition) is 5. The second-order valence-corrected chi connectivity index (χ2v) is 4.82. The highest BCUT2D eigenvalue weighted by atomic mass is 16.7. The summed E-state index contributed by atoms with van der Waals surface area (Å²) in [4.78, 5) is 21.7. The van der Waals surface area contributed by atoms with E-state index in [-0.39, 0.29) is 17.5 Å². The minimum Gasteiger partial charge on any atom is -0.431 e. The van der Waals surface area contributed by atoms with Crippen molar-refractivity contribution in [3.05, 3.63) is 46.5 Å². The molecular formula is C15H17NO5. The molecule has 2 rings (SSSR count). The summed E-state index contributed by atoms with van der Waals surface area (Å²) in [6, 6.07) is 5.31. The van der Waals surface area contributed by atoms with Crippen LogP contribution in [0.25, 0.3) is 0 Å². The molecule has 0 heterocycles.